The fourth-order valence-corrected chi connectivity index (χ4v) is 5.03. The van der Waals surface area contributed by atoms with E-state index in [2.05, 4.69) is 43.6 Å². The van der Waals surface area contributed by atoms with Crippen molar-refractivity contribution in [2.24, 2.45) is 15.6 Å². The van der Waals surface area contributed by atoms with Crippen LogP contribution in [-0.2, 0) is 0 Å². The number of rotatable bonds is 3. The largest absolute Gasteiger partial charge is 0.507 e. The van der Waals surface area contributed by atoms with Gasteiger partial charge < -0.3 is 15.3 Å². The van der Waals surface area contributed by atoms with E-state index in [4.69, 9.17) is 0 Å². The molecule has 1 aromatic heterocycles. The number of piperidine rings is 1. The summed E-state index contributed by atoms with van der Waals surface area (Å²) in [5.74, 6) is 1.26. The maximum absolute atomic E-state index is 10.7. The number of nitrogens with one attached hydrogen (secondary N) is 2. The van der Waals surface area contributed by atoms with Crippen LogP contribution in [0, 0.1) is 5.41 Å². The van der Waals surface area contributed by atoms with E-state index >= 15 is 0 Å². The Balaban J connectivity index is 1.42. The first-order valence-electron chi connectivity index (χ1n) is 11.3. The second-order valence-corrected chi connectivity index (χ2v) is 9.01. The molecule has 1 unspecified atom stereocenters. The van der Waals surface area contributed by atoms with Gasteiger partial charge in [0, 0.05) is 48.8 Å². The van der Waals surface area contributed by atoms with E-state index < -0.39 is 0 Å². The van der Waals surface area contributed by atoms with Gasteiger partial charge in [0.1, 0.15) is 11.6 Å². The summed E-state index contributed by atoms with van der Waals surface area (Å²) in [7, 11) is 0. The zero-order valence-electron chi connectivity index (χ0n) is 18.1. The van der Waals surface area contributed by atoms with Gasteiger partial charge >= 0.3 is 0 Å². The van der Waals surface area contributed by atoms with Crippen molar-refractivity contribution in [1.29, 1.82) is 0 Å². The van der Waals surface area contributed by atoms with Crippen LogP contribution in [0.1, 0.15) is 44.6 Å². The lowest BCUT2D eigenvalue weighted by Gasteiger charge is -2.34. The van der Waals surface area contributed by atoms with E-state index in [-0.39, 0.29) is 5.75 Å². The Labute approximate surface area is 183 Å². The molecule has 4 heterocycles. The smallest absolute Gasteiger partial charge is 0.131 e. The van der Waals surface area contributed by atoms with E-state index in [0.29, 0.717) is 11.0 Å². The molecule has 3 aliphatic rings. The van der Waals surface area contributed by atoms with Gasteiger partial charge in [0.2, 0.25) is 0 Å². The molecule has 2 saturated heterocycles. The number of phenolic OH excluding ortho intramolecular Hbond substituents is 1. The van der Waals surface area contributed by atoms with Gasteiger partial charge in [-0.15, -0.1) is 10.2 Å². The molecular weight excluding hydrogens is 388 g/mol. The number of nitrogens with zero attached hydrogens (tertiary/aromatic N) is 4. The van der Waals surface area contributed by atoms with Crippen LogP contribution in [0.3, 0.4) is 0 Å². The Bertz CT molecular complexity index is 1030. The summed E-state index contributed by atoms with van der Waals surface area (Å²) in [6, 6.07) is 5.66. The molecule has 0 amide bonds. The summed E-state index contributed by atoms with van der Waals surface area (Å²) in [5, 5.41) is 30.4. The average molecular weight is 419 g/mol. The molecule has 3 N–H and O–H groups in total. The quantitative estimate of drug-likeness (QED) is 0.709. The molecule has 2 fully saturated rings. The van der Waals surface area contributed by atoms with E-state index in [9.17, 15) is 5.11 Å². The molecule has 1 atom stereocenters. The third kappa shape index (κ3) is 4.02. The van der Waals surface area contributed by atoms with Gasteiger partial charge in [0.05, 0.1) is 11.9 Å². The third-order valence-corrected chi connectivity index (χ3v) is 6.92. The highest BCUT2D eigenvalue weighted by atomic mass is 16.3. The number of amidine groups is 1. The first kappa shape index (κ1) is 20.0. The van der Waals surface area contributed by atoms with E-state index in [1.54, 1.807) is 12.3 Å². The number of allylic oxidation sites excluding steroid dienone is 1. The summed E-state index contributed by atoms with van der Waals surface area (Å²) < 4.78 is 0. The minimum atomic E-state index is 0.205. The molecule has 0 aliphatic carbocycles. The maximum Gasteiger partial charge on any atom is 0.131 e. The number of hydrogen-bond donors (Lipinski definition) is 3. The Kier molecular flexibility index (Phi) is 5.36. The normalized spacial score (nSPS) is 24.0. The second-order valence-electron chi connectivity index (χ2n) is 9.01. The van der Waals surface area contributed by atoms with Crippen LogP contribution in [0.5, 0.6) is 5.75 Å². The Morgan fingerprint density at radius 2 is 2.13 bits per heavy atom. The standard InChI is InChI=1S/C24H30N6O/c1-2-17-10-21(20-5-4-18(12-22(20)31)19-13-26-27-14-19)28-29-23(11-17)30-9-7-24(16-30)6-3-8-25-15-24/h4-5,10,12-14,25,31H,2-3,6-9,11,15-16H2,1H3,(H,26,27). The number of likely N-dealkylation sites (tertiary alicyclic amines) is 1. The van der Waals surface area contributed by atoms with Crippen molar-refractivity contribution in [2.45, 2.75) is 39.0 Å². The van der Waals surface area contributed by atoms with Crippen LogP contribution in [0.4, 0.5) is 0 Å². The number of aromatic hydroxyl groups is 1. The van der Waals surface area contributed by atoms with Crippen LogP contribution in [0.15, 0.2) is 52.4 Å². The topological polar surface area (TPSA) is 88.9 Å². The van der Waals surface area contributed by atoms with Gasteiger partial charge in [-0.3, -0.25) is 5.10 Å². The lowest BCUT2D eigenvalue weighted by molar-refractivity contribution is 0.223. The highest BCUT2D eigenvalue weighted by Gasteiger charge is 2.40. The molecule has 7 heteroatoms. The molecule has 7 nitrogen and oxygen atoms in total. The SMILES string of the molecule is CCC1=CC(c2ccc(-c3cn[nH]c3)cc2O)=NN=C(N2CCC3(CCCNC3)C2)C1. The number of aromatic nitrogens is 2. The van der Waals surface area contributed by atoms with Crippen molar-refractivity contribution in [2.75, 3.05) is 26.2 Å². The average Bonchev–Trinajstić information content (AvgIpc) is 3.41. The van der Waals surface area contributed by atoms with Gasteiger partial charge in [0.15, 0.2) is 0 Å². The van der Waals surface area contributed by atoms with Crippen LogP contribution in [-0.4, -0.2) is 57.9 Å². The van der Waals surface area contributed by atoms with Gasteiger partial charge in [-0.2, -0.15) is 5.10 Å². The summed E-state index contributed by atoms with van der Waals surface area (Å²) in [6.45, 7) is 6.53. The summed E-state index contributed by atoms with van der Waals surface area (Å²) in [6.07, 6.45) is 11.2. The number of aromatic amines is 1. The van der Waals surface area contributed by atoms with Crippen molar-refractivity contribution in [3.63, 3.8) is 0 Å². The Hall–Kier alpha value is -2.93. The molecule has 3 aliphatic heterocycles. The van der Waals surface area contributed by atoms with Crippen molar-refractivity contribution < 1.29 is 5.11 Å². The van der Waals surface area contributed by atoms with Gasteiger partial charge in [0.25, 0.3) is 0 Å². The number of phenols is 1. The molecule has 0 bridgehead atoms. The number of H-pyrrole nitrogens is 1. The number of benzene rings is 1. The molecule has 2 aromatic rings. The van der Waals surface area contributed by atoms with Gasteiger partial charge in [-0.25, -0.2) is 0 Å². The molecule has 1 aromatic carbocycles. The predicted octanol–water partition coefficient (Wildman–Crippen LogP) is 3.70. The summed E-state index contributed by atoms with van der Waals surface area (Å²) in [5.41, 5.74) is 4.95. The van der Waals surface area contributed by atoms with Crippen LogP contribution in [0.25, 0.3) is 11.1 Å². The molecule has 31 heavy (non-hydrogen) atoms. The lowest BCUT2D eigenvalue weighted by atomic mass is 9.80. The zero-order valence-corrected chi connectivity index (χ0v) is 18.1. The van der Waals surface area contributed by atoms with Crippen molar-refractivity contribution in [3.05, 3.63) is 47.8 Å². The van der Waals surface area contributed by atoms with E-state index in [0.717, 1.165) is 61.7 Å². The zero-order chi connectivity index (χ0) is 21.3. The third-order valence-electron chi connectivity index (χ3n) is 6.92. The van der Waals surface area contributed by atoms with Crippen LogP contribution >= 0.6 is 0 Å². The van der Waals surface area contributed by atoms with E-state index in [1.807, 2.05) is 18.3 Å². The second kappa shape index (κ2) is 8.30. The minimum absolute atomic E-state index is 0.205. The molecule has 0 radical (unpaired) electrons. The Morgan fingerprint density at radius 1 is 1.19 bits per heavy atom. The van der Waals surface area contributed by atoms with Gasteiger partial charge in [-0.05, 0) is 56.0 Å². The first-order chi connectivity index (χ1) is 15.2. The van der Waals surface area contributed by atoms with Gasteiger partial charge in [-0.1, -0.05) is 18.6 Å². The van der Waals surface area contributed by atoms with Crippen LogP contribution in [0.2, 0.25) is 0 Å². The van der Waals surface area contributed by atoms with Crippen LogP contribution < -0.4 is 5.32 Å². The molecular formula is C24H30N6O. The fraction of sp³-hybridized carbons (Fsp3) is 0.458. The highest BCUT2D eigenvalue weighted by molar-refractivity contribution is 6.12. The Morgan fingerprint density at radius 3 is 2.87 bits per heavy atom. The van der Waals surface area contributed by atoms with Crippen molar-refractivity contribution in [1.82, 2.24) is 20.4 Å². The summed E-state index contributed by atoms with van der Waals surface area (Å²) in [4.78, 5) is 2.44. The number of hydrogen-bond acceptors (Lipinski definition) is 6. The fourth-order valence-electron chi connectivity index (χ4n) is 5.03. The maximum atomic E-state index is 10.7. The molecule has 5 rings (SSSR count). The van der Waals surface area contributed by atoms with Crippen molar-refractivity contribution in [3.8, 4) is 16.9 Å². The predicted molar refractivity (Wildman–Crippen MR) is 123 cm³/mol. The highest BCUT2D eigenvalue weighted by Crippen LogP contribution is 2.37. The lowest BCUT2D eigenvalue weighted by Crippen LogP contribution is -2.42. The molecule has 0 saturated carbocycles. The summed E-state index contributed by atoms with van der Waals surface area (Å²) >= 11 is 0. The monoisotopic (exact) mass is 418 g/mol. The van der Waals surface area contributed by atoms with Crippen molar-refractivity contribution >= 4 is 11.5 Å². The van der Waals surface area contributed by atoms with E-state index in [1.165, 1.54) is 24.8 Å². The first-order valence-corrected chi connectivity index (χ1v) is 11.3. The minimum Gasteiger partial charge on any atom is -0.507 e. The molecule has 1 spiro atoms. The molecule has 162 valence electrons.